The molecule has 2 fully saturated rings. The van der Waals surface area contributed by atoms with Crippen LogP contribution >= 0.6 is 11.6 Å². The number of hydrogen-bond donors (Lipinski definition) is 1. The lowest BCUT2D eigenvalue weighted by Gasteiger charge is -2.20. The van der Waals surface area contributed by atoms with E-state index >= 15 is 0 Å². The van der Waals surface area contributed by atoms with E-state index in [0.29, 0.717) is 12.1 Å². The number of rotatable bonds is 3. The van der Waals surface area contributed by atoms with Gasteiger partial charge in [-0.1, -0.05) is 23.7 Å². The zero-order valence-corrected chi connectivity index (χ0v) is 11.0. The lowest BCUT2D eigenvalue weighted by atomic mass is 10.2. The molecule has 92 valence electrons. The maximum absolute atomic E-state index is 6.17. The van der Waals surface area contributed by atoms with E-state index < -0.39 is 0 Å². The minimum Gasteiger partial charge on any atom is -0.380 e. The lowest BCUT2D eigenvalue weighted by Crippen LogP contribution is -2.31. The SMILES string of the molecule is CC1CC(Nc2ccccc2Cl)CN1C1CC1. The van der Waals surface area contributed by atoms with Crippen LogP contribution in [-0.2, 0) is 0 Å². The van der Waals surface area contributed by atoms with E-state index in [-0.39, 0.29) is 0 Å². The monoisotopic (exact) mass is 250 g/mol. The molecule has 0 amide bonds. The highest BCUT2D eigenvalue weighted by atomic mass is 35.5. The average molecular weight is 251 g/mol. The Kier molecular flexibility index (Phi) is 3.01. The molecule has 3 heteroatoms. The Hall–Kier alpha value is -0.730. The molecule has 0 aromatic heterocycles. The predicted octanol–water partition coefficient (Wildman–Crippen LogP) is 3.38. The third kappa shape index (κ3) is 2.43. The molecular weight excluding hydrogens is 232 g/mol. The van der Waals surface area contributed by atoms with Crippen molar-refractivity contribution >= 4 is 17.3 Å². The fourth-order valence-corrected chi connectivity index (χ4v) is 3.06. The molecule has 2 atom stereocenters. The van der Waals surface area contributed by atoms with Crippen LogP contribution in [0.2, 0.25) is 5.02 Å². The van der Waals surface area contributed by atoms with E-state index in [9.17, 15) is 0 Å². The Labute approximate surface area is 108 Å². The number of halogens is 1. The van der Waals surface area contributed by atoms with Crippen LogP contribution < -0.4 is 5.32 Å². The topological polar surface area (TPSA) is 15.3 Å². The molecule has 0 bridgehead atoms. The van der Waals surface area contributed by atoms with Gasteiger partial charge in [0.15, 0.2) is 0 Å². The fraction of sp³-hybridized carbons (Fsp3) is 0.571. The molecule has 1 heterocycles. The van der Waals surface area contributed by atoms with Crippen molar-refractivity contribution in [1.82, 2.24) is 4.90 Å². The molecule has 17 heavy (non-hydrogen) atoms. The van der Waals surface area contributed by atoms with Crippen molar-refractivity contribution in [3.63, 3.8) is 0 Å². The van der Waals surface area contributed by atoms with Gasteiger partial charge in [0.05, 0.1) is 10.7 Å². The van der Waals surface area contributed by atoms with Gasteiger partial charge in [-0.25, -0.2) is 0 Å². The van der Waals surface area contributed by atoms with Crippen LogP contribution in [0.25, 0.3) is 0 Å². The van der Waals surface area contributed by atoms with Crippen molar-refractivity contribution in [3.05, 3.63) is 29.3 Å². The van der Waals surface area contributed by atoms with Crippen molar-refractivity contribution in [3.8, 4) is 0 Å². The van der Waals surface area contributed by atoms with Gasteiger partial charge in [0, 0.05) is 24.7 Å². The van der Waals surface area contributed by atoms with Gasteiger partial charge in [-0.3, -0.25) is 4.90 Å². The second-order valence-corrected chi connectivity index (χ2v) is 5.74. The summed E-state index contributed by atoms with van der Waals surface area (Å²) >= 11 is 6.17. The summed E-state index contributed by atoms with van der Waals surface area (Å²) in [5, 5.41) is 4.40. The number of anilines is 1. The second-order valence-electron chi connectivity index (χ2n) is 5.33. The molecule has 1 saturated heterocycles. The second kappa shape index (κ2) is 4.51. The van der Waals surface area contributed by atoms with Crippen molar-refractivity contribution in [2.75, 3.05) is 11.9 Å². The number of para-hydroxylation sites is 1. The van der Waals surface area contributed by atoms with Crippen molar-refractivity contribution in [2.24, 2.45) is 0 Å². The first-order valence-electron chi connectivity index (χ1n) is 6.51. The Bertz CT molecular complexity index is 403. The van der Waals surface area contributed by atoms with Crippen LogP contribution in [0.15, 0.2) is 24.3 Å². The van der Waals surface area contributed by atoms with Crippen LogP contribution in [0.1, 0.15) is 26.2 Å². The van der Waals surface area contributed by atoms with Gasteiger partial charge in [0.25, 0.3) is 0 Å². The summed E-state index contributed by atoms with van der Waals surface area (Å²) in [5.41, 5.74) is 1.07. The zero-order valence-electron chi connectivity index (χ0n) is 10.2. The van der Waals surface area contributed by atoms with E-state index in [1.54, 1.807) is 0 Å². The third-order valence-corrected chi connectivity index (χ3v) is 4.20. The molecule has 1 N–H and O–H groups in total. The normalized spacial score (nSPS) is 29.5. The number of likely N-dealkylation sites (tertiary alicyclic amines) is 1. The highest BCUT2D eigenvalue weighted by Crippen LogP contribution is 2.34. The van der Waals surface area contributed by atoms with Gasteiger partial charge >= 0.3 is 0 Å². The number of nitrogens with one attached hydrogen (secondary N) is 1. The Morgan fingerprint density at radius 1 is 1.29 bits per heavy atom. The van der Waals surface area contributed by atoms with Crippen LogP contribution in [0, 0.1) is 0 Å². The van der Waals surface area contributed by atoms with E-state index in [1.807, 2.05) is 18.2 Å². The highest BCUT2D eigenvalue weighted by Gasteiger charge is 2.38. The summed E-state index contributed by atoms with van der Waals surface area (Å²) in [7, 11) is 0. The summed E-state index contributed by atoms with van der Waals surface area (Å²) in [6, 6.07) is 10.1. The first kappa shape index (κ1) is 11.4. The number of nitrogens with zero attached hydrogens (tertiary/aromatic N) is 1. The molecule has 1 aromatic rings. The first-order valence-corrected chi connectivity index (χ1v) is 6.88. The van der Waals surface area contributed by atoms with Crippen molar-refractivity contribution in [2.45, 2.75) is 44.3 Å². The fourth-order valence-electron chi connectivity index (χ4n) is 2.87. The van der Waals surface area contributed by atoms with Gasteiger partial charge in [-0.15, -0.1) is 0 Å². The zero-order chi connectivity index (χ0) is 11.8. The lowest BCUT2D eigenvalue weighted by molar-refractivity contribution is 0.257. The Morgan fingerprint density at radius 3 is 2.76 bits per heavy atom. The van der Waals surface area contributed by atoms with Crippen LogP contribution in [0.5, 0.6) is 0 Å². The van der Waals surface area contributed by atoms with E-state index in [2.05, 4.69) is 23.2 Å². The van der Waals surface area contributed by atoms with Crippen molar-refractivity contribution in [1.29, 1.82) is 0 Å². The average Bonchev–Trinajstić information content (AvgIpc) is 3.07. The predicted molar refractivity (Wildman–Crippen MR) is 72.7 cm³/mol. The minimum atomic E-state index is 0.547. The van der Waals surface area contributed by atoms with Gasteiger partial charge < -0.3 is 5.32 Å². The molecule has 1 aliphatic heterocycles. The van der Waals surface area contributed by atoms with Crippen LogP contribution in [-0.4, -0.2) is 29.6 Å². The van der Waals surface area contributed by atoms with Crippen LogP contribution in [0.3, 0.4) is 0 Å². The quantitative estimate of drug-likeness (QED) is 0.885. The molecule has 0 spiro atoms. The van der Waals surface area contributed by atoms with E-state index in [1.165, 1.54) is 19.3 Å². The maximum Gasteiger partial charge on any atom is 0.0637 e. The standard InChI is InChI=1S/C14H19ClN2/c1-10-8-11(9-17(10)12-6-7-12)16-14-5-3-2-4-13(14)15/h2-5,10-12,16H,6-9H2,1H3. The van der Waals surface area contributed by atoms with Gasteiger partial charge in [-0.2, -0.15) is 0 Å². The van der Waals surface area contributed by atoms with E-state index in [0.717, 1.165) is 23.3 Å². The Morgan fingerprint density at radius 2 is 2.06 bits per heavy atom. The Balaban J connectivity index is 1.65. The molecule has 1 aliphatic carbocycles. The smallest absolute Gasteiger partial charge is 0.0637 e. The summed E-state index contributed by atoms with van der Waals surface area (Å²) < 4.78 is 0. The molecular formula is C14H19ClN2. The minimum absolute atomic E-state index is 0.547. The summed E-state index contributed by atoms with van der Waals surface area (Å²) in [5.74, 6) is 0. The third-order valence-electron chi connectivity index (χ3n) is 3.87. The molecule has 2 nitrogen and oxygen atoms in total. The summed E-state index contributed by atoms with van der Waals surface area (Å²) in [6.07, 6.45) is 4.01. The molecule has 1 aromatic carbocycles. The number of benzene rings is 1. The molecule has 2 unspecified atom stereocenters. The molecule has 1 saturated carbocycles. The molecule has 3 rings (SSSR count). The maximum atomic E-state index is 6.17. The molecule has 2 aliphatic rings. The number of hydrogen-bond acceptors (Lipinski definition) is 2. The van der Waals surface area contributed by atoms with Crippen molar-refractivity contribution < 1.29 is 0 Å². The largest absolute Gasteiger partial charge is 0.380 e. The van der Waals surface area contributed by atoms with Gasteiger partial charge in [-0.05, 0) is 38.3 Å². The summed E-state index contributed by atoms with van der Waals surface area (Å²) in [4.78, 5) is 2.65. The van der Waals surface area contributed by atoms with E-state index in [4.69, 9.17) is 11.6 Å². The first-order chi connectivity index (χ1) is 8.24. The molecule has 0 radical (unpaired) electrons. The highest BCUT2D eigenvalue weighted by molar-refractivity contribution is 6.33. The van der Waals surface area contributed by atoms with Gasteiger partial charge in [0.2, 0.25) is 0 Å². The summed E-state index contributed by atoms with van der Waals surface area (Å²) in [6.45, 7) is 3.50. The van der Waals surface area contributed by atoms with Gasteiger partial charge in [0.1, 0.15) is 0 Å². The van der Waals surface area contributed by atoms with Crippen LogP contribution in [0.4, 0.5) is 5.69 Å².